The molecule has 0 saturated carbocycles. The van der Waals surface area contributed by atoms with Gasteiger partial charge in [0, 0.05) is 41.7 Å². The highest BCUT2D eigenvalue weighted by Crippen LogP contribution is 2.35. The highest BCUT2D eigenvalue weighted by atomic mass is 32.2. The lowest BCUT2D eigenvalue weighted by atomic mass is 10.1. The molecule has 5 rings (SSSR count). The van der Waals surface area contributed by atoms with Crippen LogP contribution in [-0.2, 0) is 12.3 Å². The number of hydrogen-bond donors (Lipinski definition) is 0. The average Bonchev–Trinajstić information content (AvgIpc) is 3.29. The highest BCUT2D eigenvalue weighted by molar-refractivity contribution is 7.98. The Kier molecular flexibility index (Phi) is 6.21. The van der Waals surface area contributed by atoms with E-state index in [1.165, 1.54) is 0 Å². The zero-order valence-corrected chi connectivity index (χ0v) is 19.3. The first-order valence-electron chi connectivity index (χ1n) is 11.0. The van der Waals surface area contributed by atoms with Crippen molar-refractivity contribution in [1.82, 2.24) is 14.3 Å². The van der Waals surface area contributed by atoms with E-state index in [0.717, 1.165) is 33.3 Å². The van der Waals surface area contributed by atoms with Crippen molar-refractivity contribution in [3.63, 3.8) is 0 Å². The fraction of sp³-hybridized carbons (Fsp3) is 0.231. The molecule has 0 N–H and O–H groups in total. The number of pyridine rings is 1. The molecule has 6 nitrogen and oxygen atoms in total. The Labute approximate surface area is 197 Å². The first-order valence-corrected chi connectivity index (χ1v) is 12.0. The number of hydrogen-bond acceptors (Lipinski definition) is 5. The van der Waals surface area contributed by atoms with Crippen molar-refractivity contribution in [1.29, 1.82) is 0 Å². The van der Waals surface area contributed by atoms with Gasteiger partial charge >= 0.3 is 0 Å². The van der Waals surface area contributed by atoms with Crippen LogP contribution < -0.4 is 9.47 Å². The van der Waals surface area contributed by atoms with E-state index < -0.39 is 0 Å². The van der Waals surface area contributed by atoms with Gasteiger partial charge in [-0.05, 0) is 37.3 Å². The molecule has 1 aliphatic rings. The topological polar surface area (TPSA) is 56.1 Å². The summed E-state index contributed by atoms with van der Waals surface area (Å²) >= 11 is 1.63. The summed E-state index contributed by atoms with van der Waals surface area (Å²) in [7, 11) is 0. The Hall–Kier alpha value is -3.45. The van der Waals surface area contributed by atoms with E-state index in [1.54, 1.807) is 11.8 Å². The summed E-state index contributed by atoms with van der Waals surface area (Å²) in [6, 6.07) is 19.6. The van der Waals surface area contributed by atoms with Crippen molar-refractivity contribution in [2.75, 3.05) is 19.8 Å². The molecule has 7 heteroatoms. The lowest BCUT2D eigenvalue weighted by Gasteiger charge is -2.26. The van der Waals surface area contributed by atoms with Crippen molar-refractivity contribution in [3.05, 3.63) is 89.9 Å². The van der Waals surface area contributed by atoms with Gasteiger partial charge in [0.25, 0.3) is 5.91 Å². The number of para-hydroxylation sites is 1. The quantitative estimate of drug-likeness (QED) is 0.362. The van der Waals surface area contributed by atoms with Gasteiger partial charge in [-0.1, -0.05) is 30.3 Å². The molecule has 3 heterocycles. The normalized spacial score (nSPS) is 12.6. The minimum absolute atomic E-state index is 0.00457. The molecule has 0 saturated heterocycles. The van der Waals surface area contributed by atoms with E-state index in [2.05, 4.69) is 4.98 Å². The number of carbonyl (C=O) groups excluding carboxylic acids is 1. The molecule has 0 atom stereocenters. The predicted octanol–water partition coefficient (Wildman–Crippen LogP) is 5.06. The number of benzene rings is 2. The van der Waals surface area contributed by atoms with Gasteiger partial charge in [-0.25, -0.2) is 4.98 Å². The second-order valence-corrected chi connectivity index (χ2v) is 8.76. The summed E-state index contributed by atoms with van der Waals surface area (Å²) in [5.41, 5.74) is 3.56. The zero-order chi connectivity index (χ0) is 22.6. The van der Waals surface area contributed by atoms with Gasteiger partial charge in [-0.3, -0.25) is 4.79 Å². The Morgan fingerprint density at radius 1 is 1.06 bits per heavy atom. The fourth-order valence-electron chi connectivity index (χ4n) is 3.94. The number of fused-ring (bicyclic) bond motifs is 2. The minimum atomic E-state index is 0.00457. The molecule has 0 radical (unpaired) electrons. The lowest BCUT2D eigenvalue weighted by molar-refractivity contribution is 0.0745. The molecule has 1 aliphatic heterocycles. The van der Waals surface area contributed by atoms with Gasteiger partial charge < -0.3 is 18.8 Å². The molecule has 0 unspecified atom stereocenters. The molecule has 0 spiro atoms. The number of nitrogens with zero attached hydrogens (tertiary/aromatic N) is 3. The third-order valence-electron chi connectivity index (χ3n) is 5.58. The van der Waals surface area contributed by atoms with Gasteiger partial charge in [0.1, 0.15) is 18.9 Å². The Balaban J connectivity index is 1.34. The van der Waals surface area contributed by atoms with Crippen LogP contribution in [0.2, 0.25) is 0 Å². The number of rotatable bonds is 7. The fourth-order valence-corrected chi connectivity index (χ4v) is 4.87. The second-order valence-electron chi connectivity index (χ2n) is 7.74. The van der Waals surface area contributed by atoms with Crippen LogP contribution in [0, 0.1) is 0 Å². The molecule has 0 bridgehead atoms. The lowest BCUT2D eigenvalue weighted by Crippen LogP contribution is -2.31. The van der Waals surface area contributed by atoms with Gasteiger partial charge in [-0.15, -0.1) is 11.8 Å². The summed E-state index contributed by atoms with van der Waals surface area (Å²) < 4.78 is 13.6. The predicted molar refractivity (Wildman–Crippen MR) is 129 cm³/mol. The number of ether oxygens (including phenoxy) is 2. The number of carbonyl (C=O) groups is 1. The first kappa shape index (κ1) is 21.4. The van der Waals surface area contributed by atoms with Gasteiger partial charge in [0.05, 0.1) is 11.3 Å². The third kappa shape index (κ3) is 4.54. The van der Waals surface area contributed by atoms with Crippen LogP contribution in [0.5, 0.6) is 11.5 Å². The SMILES string of the molecule is CCN(Cc1cccc2c1OCCO2)C(=O)c1ccccc1SCc1cn2ccccc2n1. The van der Waals surface area contributed by atoms with E-state index in [9.17, 15) is 4.79 Å². The molecule has 33 heavy (non-hydrogen) atoms. The van der Waals surface area contributed by atoms with Crippen LogP contribution in [0.3, 0.4) is 0 Å². The molecule has 0 aliphatic carbocycles. The van der Waals surface area contributed by atoms with Crippen molar-refractivity contribution in [2.45, 2.75) is 24.1 Å². The van der Waals surface area contributed by atoms with E-state index >= 15 is 0 Å². The maximum Gasteiger partial charge on any atom is 0.255 e. The molecular formula is C26H25N3O3S. The van der Waals surface area contributed by atoms with Crippen molar-refractivity contribution < 1.29 is 14.3 Å². The monoisotopic (exact) mass is 459 g/mol. The first-order chi connectivity index (χ1) is 16.2. The Morgan fingerprint density at radius 2 is 1.91 bits per heavy atom. The summed E-state index contributed by atoms with van der Waals surface area (Å²) in [4.78, 5) is 21.0. The van der Waals surface area contributed by atoms with Crippen LogP contribution in [0.15, 0.2) is 78.0 Å². The standard InChI is InChI=1S/C26H25N3O3S/c1-2-28(16-19-8-7-10-22-25(19)32-15-14-31-22)26(30)21-9-3-4-11-23(21)33-18-20-17-29-13-6-5-12-24(29)27-20/h3-13,17H,2,14-16,18H2,1H3. The molecule has 0 fully saturated rings. The Bertz CT molecular complexity index is 1250. The van der Waals surface area contributed by atoms with Crippen molar-refractivity contribution in [2.24, 2.45) is 0 Å². The van der Waals surface area contributed by atoms with Crippen LogP contribution >= 0.6 is 11.8 Å². The molecule has 1 amide bonds. The summed E-state index contributed by atoms with van der Waals surface area (Å²) in [6.07, 6.45) is 4.02. The van der Waals surface area contributed by atoms with E-state index in [1.807, 2.05) is 89.3 Å². The van der Waals surface area contributed by atoms with Crippen molar-refractivity contribution >= 4 is 23.3 Å². The number of aromatic nitrogens is 2. The van der Waals surface area contributed by atoms with Gasteiger partial charge in [-0.2, -0.15) is 0 Å². The average molecular weight is 460 g/mol. The third-order valence-corrected chi connectivity index (χ3v) is 6.69. The van der Waals surface area contributed by atoms with Crippen LogP contribution in [-0.4, -0.2) is 40.0 Å². The number of thioether (sulfide) groups is 1. The van der Waals surface area contributed by atoms with Gasteiger partial charge in [0.15, 0.2) is 11.5 Å². The maximum absolute atomic E-state index is 13.5. The van der Waals surface area contributed by atoms with E-state index in [-0.39, 0.29) is 5.91 Å². The number of imidazole rings is 1. The molecule has 4 aromatic rings. The second kappa shape index (κ2) is 9.58. The Morgan fingerprint density at radius 3 is 2.79 bits per heavy atom. The molecule has 168 valence electrons. The smallest absolute Gasteiger partial charge is 0.255 e. The van der Waals surface area contributed by atoms with Crippen LogP contribution in [0.25, 0.3) is 5.65 Å². The largest absolute Gasteiger partial charge is 0.486 e. The summed E-state index contributed by atoms with van der Waals surface area (Å²) in [6.45, 7) is 4.12. The maximum atomic E-state index is 13.5. The van der Waals surface area contributed by atoms with E-state index in [0.29, 0.717) is 37.6 Å². The van der Waals surface area contributed by atoms with Gasteiger partial charge in [0.2, 0.25) is 0 Å². The summed E-state index contributed by atoms with van der Waals surface area (Å²) in [5, 5.41) is 0. The molecular weight excluding hydrogens is 434 g/mol. The highest BCUT2D eigenvalue weighted by Gasteiger charge is 2.22. The zero-order valence-electron chi connectivity index (χ0n) is 18.4. The van der Waals surface area contributed by atoms with Crippen molar-refractivity contribution in [3.8, 4) is 11.5 Å². The summed E-state index contributed by atoms with van der Waals surface area (Å²) in [5.74, 6) is 2.18. The molecule has 2 aromatic carbocycles. The van der Waals surface area contributed by atoms with Crippen LogP contribution in [0.1, 0.15) is 28.5 Å². The molecule has 2 aromatic heterocycles. The van der Waals surface area contributed by atoms with Crippen LogP contribution in [0.4, 0.5) is 0 Å². The van der Waals surface area contributed by atoms with E-state index in [4.69, 9.17) is 9.47 Å². The number of amides is 1. The minimum Gasteiger partial charge on any atom is -0.486 e.